The van der Waals surface area contributed by atoms with Crippen LogP contribution in [0.25, 0.3) is 6.08 Å². The summed E-state index contributed by atoms with van der Waals surface area (Å²) in [5.41, 5.74) is 4.07. The number of carbonyl (C=O) groups excluding carboxylic acids is 1. The minimum atomic E-state index is 0.732. The van der Waals surface area contributed by atoms with Crippen molar-refractivity contribution in [2.24, 2.45) is 0 Å². The molecule has 0 aliphatic carbocycles. The SMILES string of the molecule is C=Cc1c(C)cc(C=O)cc1C. The van der Waals surface area contributed by atoms with Gasteiger partial charge < -0.3 is 0 Å². The summed E-state index contributed by atoms with van der Waals surface area (Å²) in [6.07, 6.45) is 2.69. The lowest BCUT2D eigenvalue weighted by atomic mass is 10.00. The van der Waals surface area contributed by atoms with Gasteiger partial charge in [0.25, 0.3) is 0 Å². The predicted octanol–water partition coefficient (Wildman–Crippen LogP) is 2.76. The largest absolute Gasteiger partial charge is 0.298 e. The molecule has 1 heteroatoms. The second-order valence-corrected chi connectivity index (χ2v) is 2.89. The van der Waals surface area contributed by atoms with E-state index < -0.39 is 0 Å². The first-order chi connectivity index (χ1) is 5.69. The number of benzene rings is 1. The molecule has 0 spiro atoms. The van der Waals surface area contributed by atoms with Crippen molar-refractivity contribution >= 4 is 12.4 Å². The molecule has 1 aromatic carbocycles. The fourth-order valence-electron chi connectivity index (χ4n) is 1.40. The van der Waals surface area contributed by atoms with Crippen LogP contribution in [0.5, 0.6) is 0 Å². The summed E-state index contributed by atoms with van der Waals surface area (Å²) in [6, 6.07) is 3.74. The van der Waals surface area contributed by atoms with E-state index in [1.165, 1.54) is 0 Å². The molecule has 1 aromatic rings. The highest BCUT2D eigenvalue weighted by molar-refractivity contribution is 5.77. The minimum Gasteiger partial charge on any atom is -0.298 e. The second kappa shape index (κ2) is 3.35. The van der Waals surface area contributed by atoms with Crippen molar-refractivity contribution < 1.29 is 4.79 Å². The summed E-state index contributed by atoms with van der Waals surface area (Å²) in [5.74, 6) is 0. The van der Waals surface area contributed by atoms with E-state index in [0.717, 1.165) is 28.5 Å². The standard InChI is InChI=1S/C11H12O/c1-4-11-8(2)5-10(7-12)6-9(11)3/h4-7H,1H2,2-3H3. The number of rotatable bonds is 2. The molecule has 0 aliphatic rings. The molecule has 0 radical (unpaired) electrons. The van der Waals surface area contributed by atoms with Gasteiger partial charge >= 0.3 is 0 Å². The van der Waals surface area contributed by atoms with Gasteiger partial charge in [-0.05, 0) is 42.7 Å². The van der Waals surface area contributed by atoms with Crippen molar-refractivity contribution in [3.63, 3.8) is 0 Å². The maximum atomic E-state index is 10.5. The van der Waals surface area contributed by atoms with E-state index in [-0.39, 0.29) is 0 Å². The van der Waals surface area contributed by atoms with Gasteiger partial charge in [0, 0.05) is 5.56 Å². The summed E-state index contributed by atoms with van der Waals surface area (Å²) in [6.45, 7) is 7.69. The minimum absolute atomic E-state index is 0.732. The fraction of sp³-hybridized carbons (Fsp3) is 0.182. The van der Waals surface area contributed by atoms with Crippen LogP contribution in [0.15, 0.2) is 18.7 Å². The molecular formula is C11H12O. The fourth-order valence-corrected chi connectivity index (χ4v) is 1.40. The van der Waals surface area contributed by atoms with Gasteiger partial charge in [-0.2, -0.15) is 0 Å². The molecule has 0 saturated carbocycles. The molecular weight excluding hydrogens is 148 g/mol. The van der Waals surface area contributed by atoms with Crippen molar-refractivity contribution in [1.29, 1.82) is 0 Å². The highest BCUT2D eigenvalue weighted by Gasteiger charge is 2.00. The summed E-state index contributed by atoms with van der Waals surface area (Å²) in [7, 11) is 0. The van der Waals surface area contributed by atoms with Crippen LogP contribution in [0.2, 0.25) is 0 Å². The molecule has 0 atom stereocenters. The van der Waals surface area contributed by atoms with Crippen LogP contribution < -0.4 is 0 Å². The molecule has 1 nitrogen and oxygen atoms in total. The molecule has 0 unspecified atom stereocenters. The lowest BCUT2D eigenvalue weighted by Gasteiger charge is -2.05. The molecule has 1 rings (SSSR count). The molecule has 0 heterocycles. The van der Waals surface area contributed by atoms with E-state index >= 15 is 0 Å². The first kappa shape index (κ1) is 8.72. The van der Waals surface area contributed by atoms with Gasteiger partial charge in [-0.3, -0.25) is 4.79 Å². The van der Waals surface area contributed by atoms with Crippen LogP contribution in [0, 0.1) is 13.8 Å². The van der Waals surface area contributed by atoms with Crippen LogP contribution in [0.4, 0.5) is 0 Å². The van der Waals surface area contributed by atoms with Crippen LogP contribution in [-0.2, 0) is 0 Å². The summed E-state index contributed by atoms with van der Waals surface area (Å²) < 4.78 is 0. The molecule has 0 aromatic heterocycles. The lowest BCUT2D eigenvalue weighted by molar-refractivity contribution is 0.112. The van der Waals surface area contributed by atoms with Crippen LogP contribution in [-0.4, -0.2) is 6.29 Å². The average molecular weight is 160 g/mol. The third-order valence-corrected chi connectivity index (χ3v) is 1.96. The van der Waals surface area contributed by atoms with Crippen molar-refractivity contribution in [1.82, 2.24) is 0 Å². The van der Waals surface area contributed by atoms with Gasteiger partial charge in [0.05, 0.1) is 0 Å². The Morgan fingerprint density at radius 3 is 2.08 bits per heavy atom. The Bertz CT molecular complexity index is 301. The predicted molar refractivity (Wildman–Crippen MR) is 51.4 cm³/mol. The number of aryl methyl sites for hydroxylation is 2. The number of hydrogen-bond donors (Lipinski definition) is 0. The van der Waals surface area contributed by atoms with Gasteiger partial charge in [-0.15, -0.1) is 0 Å². The first-order valence-electron chi connectivity index (χ1n) is 3.88. The zero-order valence-corrected chi connectivity index (χ0v) is 7.42. The van der Waals surface area contributed by atoms with Crippen molar-refractivity contribution in [3.8, 4) is 0 Å². The van der Waals surface area contributed by atoms with E-state index in [2.05, 4.69) is 6.58 Å². The lowest BCUT2D eigenvalue weighted by Crippen LogP contribution is -1.90. The van der Waals surface area contributed by atoms with E-state index in [4.69, 9.17) is 0 Å². The molecule has 0 saturated heterocycles. The Labute approximate surface area is 72.7 Å². The van der Waals surface area contributed by atoms with E-state index in [0.29, 0.717) is 0 Å². The monoisotopic (exact) mass is 160 g/mol. The van der Waals surface area contributed by atoms with Gasteiger partial charge in [-0.1, -0.05) is 12.7 Å². The number of hydrogen-bond acceptors (Lipinski definition) is 1. The Hall–Kier alpha value is -1.37. The molecule has 62 valence electrons. The maximum Gasteiger partial charge on any atom is 0.150 e. The van der Waals surface area contributed by atoms with Gasteiger partial charge in [0.2, 0.25) is 0 Å². The highest BCUT2D eigenvalue weighted by atomic mass is 16.1. The van der Waals surface area contributed by atoms with Gasteiger partial charge in [-0.25, -0.2) is 0 Å². The van der Waals surface area contributed by atoms with E-state index in [1.54, 1.807) is 0 Å². The summed E-state index contributed by atoms with van der Waals surface area (Å²) >= 11 is 0. The van der Waals surface area contributed by atoms with E-state index in [9.17, 15) is 4.79 Å². The summed E-state index contributed by atoms with van der Waals surface area (Å²) in [5, 5.41) is 0. The van der Waals surface area contributed by atoms with Gasteiger partial charge in [0.15, 0.2) is 0 Å². The van der Waals surface area contributed by atoms with Crippen molar-refractivity contribution in [2.75, 3.05) is 0 Å². The Morgan fingerprint density at radius 1 is 1.25 bits per heavy atom. The van der Waals surface area contributed by atoms with Crippen molar-refractivity contribution in [3.05, 3.63) is 41.0 Å². The smallest absolute Gasteiger partial charge is 0.150 e. The second-order valence-electron chi connectivity index (χ2n) is 2.89. The first-order valence-corrected chi connectivity index (χ1v) is 3.88. The molecule has 0 amide bonds. The topological polar surface area (TPSA) is 17.1 Å². The van der Waals surface area contributed by atoms with Crippen LogP contribution in [0.1, 0.15) is 27.0 Å². The molecule has 0 bridgehead atoms. The zero-order chi connectivity index (χ0) is 9.14. The molecule has 12 heavy (non-hydrogen) atoms. The zero-order valence-electron chi connectivity index (χ0n) is 7.42. The van der Waals surface area contributed by atoms with Crippen LogP contribution >= 0.6 is 0 Å². The third kappa shape index (κ3) is 1.45. The Balaban J connectivity index is 3.36. The highest BCUT2D eigenvalue weighted by Crippen LogP contribution is 2.16. The van der Waals surface area contributed by atoms with Crippen molar-refractivity contribution in [2.45, 2.75) is 13.8 Å². The molecule has 0 N–H and O–H groups in total. The summed E-state index contributed by atoms with van der Waals surface area (Å²) in [4.78, 5) is 10.5. The van der Waals surface area contributed by atoms with Gasteiger partial charge in [0.1, 0.15) is 6.29 Å². The average Bonchev–Trinajstić information content (AvgIpc) is 2.03. The quantitative estimate of drug-likeness (QED) is 0.608. The Kier molecular flexibility index (Phi) is 2.44. The third-order valence-electron chi connectivity index (χ3n) is 1.96. The molecule has 0 fully saturated rings. The number of aldehydes is 1. The normalized spacial score (nSPS) is 9.50. The number of carbonyl (C=O) groups is 1. The Morgan fingerprint density at radius 2 is 1.75 bits per heavy atom. The van der Waals surface area contributed by atoms with E-state index in [1.807, 2.05) is 32.1 Å². The maximum absolute atomic E-state index is 10.5. The van der Waals surface area contributed by atoms with Crippen LogP contribution in [0.3, 0.4) is 0 Å². The molecule has 0 aliphatic heterocycles.